The Bertz CT molecular complexity index is 292. The molecule has 0 saturated heterocycles. The Kier molecular flexibility index (Phi) is 3.14. The predicted molar refractivity (Wildman–Crippen MR) is 52.3 cm³/mol. The van der Waals surface area contributed by atoms with Crippen molar-refractivity contribution >= 4 is 9.84 Å². The zero-order valence-corrected chi connectivity index (χ0v) is 8.68. The van der Waals surface area contributed by atoms with E-state index in [9.17, 15) is 13.5 Å². The summed E-state index contributed by atoms with van der Waals surface area (Å²) < 4.78 is 21.8. The van der Waals surface area contributed by atoms with Gasteiger partial charge in [0.25, 0.3) is 0 Å². The largest absolute Gasteiger partial charge is 0.386 e. The predicted octanol–water partition coefficient (Wildman–Crippen LogP) is 0.892. The number of sulfone groups is 1. The van der Waals surface area contributed by atoms with Crippen LogP contribution in [-0.4, -0.2) is 31.1 Å². The van der Waals surface area contributed by atoms with Gasteiger partial charge in [0.15, 0.2) is 0 Å². The van der Waals surface area contributed by atoms with Crippen molar-refractivity contribution in [2.45, 2.75) is 31.3 Å². The standard InChI is InChI=1S/C9H16O3S/c1-13(11,12)8-7-9(10)5-3-2-4-6-9/h3,5,10H,2,4,6-8H2,1H3. The van der Waals surface area contributed by atoms with E-state index in [0.717, 1.165) is 12.8 Å². The van der Waals surface area contributed by atoms with Gasteiger partial charge in [-0.25, -0.2) is 8.42 Å². The molecule has 0 radical (unpaired) electrons. The van der Waals surface area contributed by atoms with Gasteiger partial charge in [-0.05, 0) is 25.7 Å². The lowest BCUT2D eigenvalue weighted by molar-refractivity contribution is 0.0716. The van der Waals surface area contributed by atoms with Crippen LogP contribution < -0.4 is 0 Å². The molecule has 0 aliphatic heterocycles. The first kappa shape index (κ1) is 10.7. The van der Waals surface area contributed by atoms with E-state index in [1.54, 1.807) is 6.08 Å². The lowest BCUT2D eigenvalue weighted by Crippen LogP contribution is -2.30. The summed E-state index contributed by atoms with van der Waals surface area (Å²) in [6.45, 7) is 0. The van der Waals surface area contributed by atoms with Crippen molar-refractivity contribution in [3.05, 3.63) is 12.2 Å². The molecule has 0 amide bonds. The number of allylic oxidation sites excluding steroid dienone is 1. The third-order valence-corrected chi connectivity index (χ3v) is 3.26. The van der Waals surface area contributed by atoms with E-state index < -0.39 is 15.4 Å². The SMILES string of the molecule is CS(=O)(=O)CCC1(O)C=CCCC1. The van der Waals surface area contributed by atoms with Crippen molar-refractivity contribution in [1.29, 1.82) is 0 Å². The molecule has 0 aromatic heterocycles. The van der Waals surface area contributed by atoms with E-state index in [2.05, 4.69) is 0 Å². The summed E-state index contributed by atoms with van der Waals surface area (Å²) in [5.74, 6) is 0.0633. The molecule has 3 nitrogen and oxygen atoms in total. The van der Waals surface area contributed by atoms with Crippen molar-refractivity contribution in [3.63, 3.8) is 0 Å². The molecular formula is C9H16O3S. The van der Waals surface area contributed by atoms with Crippen molar-refractivity contribution < 1.29 is 13.5 Å². The van der Waals surface area contributed by atoms with E-state index in [0.29, 0.717) is 12.8 Å². The molecule has 1 atom stereocenters. The fourth-order valence-corrected chi connectivity index (χ4v) is 2.21. The monoisotopic (exact) mass is 204 g/mol. The fourth-order valence-electron chi connectivity index (χ4n) is 1.48. The van der Waals surface area contributed by atoms with Gasteiger partial charge in [-0.3, -0.25) is 0 Å². The minimum Gasteiger partial charge on any atom is -0.386 e. The molecule has 1 unspecified atom stereocenters. The van der Waals surface area contributed by atoms with Gasteiger partial charge in [-0.1, -0.05) is 12.2 Å². The molecule has 0 heterocycles. The Morgan fingerprint density at radius 1 is 1.54 bits per heavy atom. The molecule has 1 aliphatic carbocycles. The van der Waals surface area contributed by atoms with Crippen LogP contribution in [0.1, 0.15) is 25.7 Å². The Morgan fingerprint density at radius 3 is 2.69 bits per heavy atom. The highest BCUT2D eigenvalue weighted by molar-refractivity contribution is 7.90. The minimum atomic E-state index is -2.96. The van der Waals surface area contributed by atoms with Crippen LogP contribution in [0.5, 0.6) is 0 Å². The molecule has 1 rings (SSSR count). The summed E-state index contributed by atoms with van der Waals surface area (Å²) in [6.07, 6.45) is 7.79. The second-order valence-electron chi connectivity index (χ2n) is 3.78. The van der Waals surface area contributed by atoms with Gasteiger partial charge < -0.3 is 5.11 Å². The van der Waals surface area contributed by atoms with Crippen molar-refractivity contribution in [2.75, 3.05) is 12.0 Å². The Labute approximate surface area is 79.4 Å². The van der Waals surface area contributed by atoms with Crippen LogP contribution in [0.15, 0.2) is 12.2 Å². The summed E-state index contributed by atoms with van der Waals surface area (Å²) >= 11 is 0. The number of hydrogen-bond donors (Lipinski definition) is 1. The molecule has 1 aliphatic rings. The van der Waals surface area contributed by atoms with Crippen LogP contribution in [0.4, 0.5) is 0 Å². The maximum absolute atomic E-state index is 10.9. The molecule has 0 saturated carbocycles. The lowest BCUT2D eigenvalue weighted by atomic mass is 9.89. The molecule has 76 valence electrons. The summed E-state index contributed by atoms with van der Waals surface area (Å²) in [5, 5.41) is 9.88. The fraction of sp³-hybridized carbons (Fsp3) is 0.778. The summed E-state index contributed by atoms with van der Waals surface area (Å²) in [5.41, 5.74) is -0.874. The van der Waals surface area contributed by atoms with Crippen LogP contribution in [0, 0.1) is 0 Å². The average molecular weight is 204 g/mol. The van der Waals surface area contributed by atoms with Gasteiger partial charge in [0, 0.05) is 6.26 Å². The third-order valence-electron chi connectivity index (χ3n) is 2.31. The lowest BCUT2D eigenvalue weighted by Gasteiger charge is -2.26. The molecular weight excluding hydrogens is 188 g/mol. The molecule has 13 heavy (non-hydrogen) atoms. The highest BCUT2D eigenvalue weighted by Gasteiger charge is 2.26. The van der Waals surface area contributed by atoms with Gasteiger partial charge in [0.05, 0.1) is 11.4 Å². The van der Waals surface area contributed by atoms with Crippen LogP contribution in [-0.2, 0) is 9.84 Å². The molecule has 0 aromatic carbocycles. The summed E-state index contributed by atoms with van der Waals surface area (Å²) in [6, 6.07) is 0. The molecule has 0 spiro atoms. The van der Waals surface area contributed by atoms with Crippen LogP contribution in [0.2, 0.25) is 0 Å². The Balaban J connectivity index is 2.52. The van der Waals surface area contributed by atoms with E-state index in [1.165, 1.54) is 6.26 Å². The topological polar surface area (TPSA) is 54.4 Å². The molecule has 1 N–H and O–H groups in total. The molecule has 0 fully saturated rings. The van der Waals surface area contributed by atoms with Crippen LogP contribution >= 0.6 is 0 Å². The Morgan fingerprint density at radius 2 is 2.23 bits per heavy atom. The minimum absolute atomic E-state index is 0.0633. The maximum Gasteiger partial charge on any atom is 0.147 e. The highest BCUT2D eigenvalue weighted by atomic mass is 32.2. The maximum atomic E-state index is 10.9. The van der Waals surface area contributed by atoms with E-state index in [-0.39, 0.29) is 5.75 Å². The van der Waals surface area contributed by atoms with Gasteiger partial charge in [0.2, 0.25) is 0 Å². The highest BCUT2D eigenvalue weighted by Crippen LogP contribution is 2.25. The first-order valence-corrected chi connectivity index (χ1v) is 6.55. The summed E-state index contributed by atoms with van der Waals surface area (Å²) in [7, 11) is -2.96. The van der Waals surface area contributed by atoms with E-state index >= 15 is 0 Å². The smallest absolute Gasteiger partial charge is 0.147 e. The van der Waals surface area contributed by atoms with Gasteiger partial charge in [0.1, 0.15) is 9.84 Å². The quantitative estimate of drug-likeness (QED) is 0.695. The van der Waals surface area contributed by atoms with Crippen molar-refractivity contribution in [1.82, 2.24) is 0 Å². The van der Waals surface area contributed by atoms with Crippen LogP contribution in [0.25, 0.3) is 0 Å². The Hall–Kier alpha value is -0.350. The molecule has 0 bridgehead atoms. The van der Waals surface area contributed by atoms with Gasteiger partial charge in [-0.2, -0.15) is 0 Å². The van der Waals surface area contributed by atoms with Crippen molar-refractivity contribution in [2.24, 2.45) is 0 Å². The van der Waals surface area contributed by atoms with E-state index in [1.807, 2.05) is 6.08 Å². The first-order chi connectivity index (χ1) is 5.91. The zero-order valence-electron chi connectivity index (χ0n) is 7.86. The van der Waals surface area contributed by atoms with Crippen molar-refractivity contribution in [3.8, 4) is 0 Å². The number of rotatable bonds is 3. The molecule has 4 heteroatoms. The number of hydrogen-bond acceptors (Lipinski definition) is 3. The third kappa shape index (κ3) is 3.91. The number of aliphatic hydroxyl groups is 1. The zero-order chi connectivity index (χ0) is 9.95. The normalized spacial score (nSPS) is 29.1. The molecule has 0 aromatic rings. The van der Waals surface area contributed by atoms with Crippen LogP contribution in [0.3, 0.4) is 0 Å². The van der Waals surface area contributed by atoms with Gasteiger partial charge in [-0.15, -0.1) is 0 Å². The summed E-state index contributed by atoms with van der Waals surface area (Å²) in [4.78, 5) is 0. The average Bonchev–Trinajstić information content (AvgIpc) is 2.02. The second kappa shape index (κ2) is 3.80. The second-order valence-corrected chi connectivity index (χ2v) is 6.04. The van der Waals surface area contributed by atoms with Gasteiger partial charge >= 0.3 is 0 Å². The van der Waals surface area contributed by atoms with E-state index in [4.69, 9.17) is 0 Å². The first-order valence-electron chi connectivity index (χ1n) is 4.49.